The maximum absolute atomic E-state index is 14.8. The third-order valence-electron chi connectivity index (χ3n) is 5.37. The monoisotopic (exact) mass is 443 g/mol. The molecular formula is C23H24F3N5O. The maximum Gasteiger partial charge on any atom is 0.418 e. The molecule has 0 aliphatic rings. The molecule has 0 radical (unpaired) electrons. The van der Waals surface area contributed by atoms with Gasteiger partial charge in [-0.1, -0.05) is 13.8 Å². The van der Waals surface area contributed by atoms with Gasteiger partial charge < -0.3 is 14.7 Å². The van der Waals surface area contributed by atoms with Crippen molar-refractivity contribution >= 4 is 21.9 Å². The first-order valence-electron chi connectivity index (χ1n) is 10.1. The fraction of sp³-hybridized carbons (Fsp3) is 0.304. The lowest BCUT2D eigenvalue weighted by molar-refractivity contribution is -0.187. The van der Waals surface area contributed by atoms with E-state index < -0.39 is 11.7 Å². The van der Waals surface area contributed by atoms with Gasteiger partial charge in [-0.15, -0.1) is 0 Å². The van der Waals surface area contributed by atoms with Crippen LogP contribution in [0.5, 0.6) is 5.75 Å². The van der Waals surface area contributed by atoms with Crippen LogP contribution in [0.15, 0.2) is 36.5 Å². The Hall–Kier alpha value is -3.51. The average Bonchev–Trinajstić information content (AvgIpc) is 3.43. The van der Waals surface area contributed by atoms with Crippen LogP contribution in [0.2, 0.25) is 0 Å². The summed E-state index contributed by atoms with van der Waals surface area (Å²) in [6, 6.07) is 9.64. The molecule has 0 saturated heterocycles. The minimum atomic E-state index is -4.78. The van der Waals surface area contributed by atoms with Crippen molar-refractivity contribution in [3.05, 3.63) is 59.0 Å². The number of benzene rings is 2. The lowest BCUT2D eigenvalue weighted by Gasteiger charge is -2.35. The fourth-order valence-electron chi connectivity index (χ4n) is 3.96. The van der Waals surface area contributed by atoms with Crippen LogP contribution in [0.4, 0.5) is 13.2 Å². The van der Waals surface area contributed by atoms with Gasteiger partial charge in [0.2, 0.25) is 5.54 Å². The molecule has 2 aromatic carbocycles. The molecule has 6 nitrogen and oxygen atoms in total. The van der Waals surface area contributed by atoms with Gasteiger partial charge in [-0.25, -0.2) is 4.98 Å². The Morgan fingerprint density at radius 2 is 1.88 bits per heavy atom. The first-order valence-corrected chi connectivity index (χ1v) is 10.1. The van der Waals surface area contributed by atoms with E-state index in [0.717, 1.165) is 5.56 Å². The zero-order valence-electron chi connectivity index (χ0n) is 18.4. The molecule has 0 bridgehead atoms. The van der Waals surface area contributed by atoms with Crippen LogP contribution in [0.3, 0.4) is 0 Å². The van der Waals surface area contributed by atoms with Gasteiger partial charge in [-0.3, -0.25) is 5.32 Å². The lowest BCUT2D eigenvalue weighted by Crippen LogP contribution is -2.54. The minimum Gasteiger partial charge on any atom is -0.496 e. The average molecular weight is 443 g/mol. The van der Waals surface area contributed by atoms with E-state index in [1.54, 1.807) is 25.3 Å². The van der Waals surface area contributed by atoms with E-state index in [2.05, 4.69) is 20.3 Å². The van der Waals surface area contributed by atoms with Crippen LogP contribution >= 0.6 is 0 Å². The van der Waals surface area contributed by atoms with Gasteiger partial charge >= 0.3 is 6.18 Å². The molecule has 1 atom stereocenters. The van der Waals surface area contributed by atoms with Gasteiger partial charge in [0.05, 0.1) is 29.8 Å². The number of alkyl halides is 3. The number of H-pyrrole nitrogens is 2. The number of imidazole rings is 1. The van der Waals surface area contributed by atoms with Crippen molar-refractivity contribution in [1.82, 2.24) is 20.3 Å². The van der Waals surface area contributed by atoms with Gasteiger partial charge in [-0.05, 0) is 49.9 Å². The van der Waals surface area contributed by atoms with E-state index in [1.807, 2.05) is 19.9 Å². The second-order valence-corrected chi connectivity index (χ2v) is 6.96. The molecule has 0 spiro atoms. The number of rotatable bonds is 4. The van der Waals surface area contributed by atoms with Crippen molar-refractivity contribution in [3.63, 3.8) is 0 Å². The standard InChI is InChI=1S/C21H18F3N5O.C2H6/c1-11-8-16(30-3)17(13-6-7-27-18(11)13)20(26-2,21(22,23)24)19-28-14-5-4-12(10-25)9-15(14)29-19;1-2/h4-9,26-27H,1-3H3,(H,28,29);1-2H3. The highest BCUT2D eigenvalue weighted by atomic mass is 19.4. The van der Waals surface area contributed by atoms with Gasteiger partial charge in [0, 0.05) is 22.7 Å². The Morgan fingerprint density at radius 3 is 2.47 bits per heavy atom. The maximum atomic E-state index is 14.8. The number of hydrogen-bond donors (Lipinski definition) is 3. The number of aromatic nitrogens is 3. The molecule has 0 saturated carbocycles. The summed E-state index contributed by atoms with van der Waals surface area (Å²) in [6.07, 6.45) is -3.18. The quantitative estimate of drug-likeness (QED) is 0.400. The summed E-state index contributed by atoms with van der Waals surface area (Å²) in [5, 5.41) is 12.0. The first kappa shape index (κ1) is 23.2. The highest BCUT2D eigenvalue weighted by molar-refractivity contribution is 5.90. The van der Waals surface area contributed by atoms with E-state index >= 15 is 0 Å². The summed E-state index contributed by atoms with van der Waals surface area (Å²) in [6.45, 7) is 5.80. The van der Waals surface area contributed by atoms with E-state index in [4.69, 9.17) is 10.00 Å². The third-order valence-corrected chi connectivity index (χ3v) is 5.37. The SMILES string of the molecule is CC.CNC(c1nc2ccc(C#N)cc2[nH]1)(c1c(OC)cc(C)c2[nH]ccc12)C(F)(F)F. The Bertz CT molecular complexity index is 1300. The smallest absolute Gasteiger partial charge is 0.418 e. The van der Waals surface area contributed by atoms with Crippen LogP contribution < -0.4 is 10.1 Å². The van der Waals surface area contributed by atoms with Crippen molar-refractivity contribution in [2.24, 2.45) is 0 Å². The van der Waals surface area contributed by atoms with Crippen LogP contribution in [-0.4, -0.2) is 35.3 Å². The molecule has 0 aliphatic heterocycles. The van der Waals surface area contributed by atoms with E-state index in [0.29, 0.717) is 27.5 Å². The number of fused-ring (bicyclic) bond motifs is 2. The summed E-state index contributed by atoms with van der Waals surface area (Å²) in [7, 11) is 2.57. The minimum absolute atomic E-state index is 0.0874. The molecule has 9 heteroatoms. The van der Waals surface area contributed by atoms with E-state index in [9.17, 15) is 13.2 Å². The van der Waals surface area contributed by atoms with Crippen molar-refractivity contribution in [2.45, 2.75) is 32.5 Å². The number of aromatic amines is 2. The summed E-state index contributed by atoms with van der Waals surface area (Å²) in [5.41, 5.74) is -0.461. The second-order valence-electron chi connectivity index (χ2n) is 6.96. The van der Waals surface area contributed by atoms with Gasteiger partial charge in [0.25, 0.3) is 0 Å². The van der Waals surface area contributed by atoms with Crippen LogP contribution in [0.1, 0.15) is 36.4 Å². The fourth-order valence-corrected chi connectivity index (χ4v) is 3.96. The largest absolute Gasteiger partial charge is 0.496 e. The zero-order valence-corrected chi connectivity index (χ0v) is 18.4. The van der Waals surface area contributed by atoms with Crippen molar-refractivity contribution < 1.29 is 17.9 Å². The number of nitriles is 1. The topological polar surface area (TPSA) is 89.5 Å². The summed E-state index contributed by atoms with van der Waals surface area (Å²) >= 11 is 0. The second kappa shape index (κ2) is 8.55. The molecule has 168 valence electrons. The summed E-state index contributed by atoms with van der Waals surface area (Å²) in [4.78, 5) is 10.0. The molecule has 3 N–H and O–H groups in total. The molecule has 0 aliphatic carbocycles. The molecule has 1 unspecified atom stereocenters. The Labute approximate surface area is 183 Å². The predicted molar refractivity (Wildman–Crippen MR) is 118 cm³/mol. The van der Waals surface area contributed by atoms with Gasteiger partial charge in [0.15, 0.2) is 0 Å². The van der Waals surface area contributed by atoms with E-state index in [-0.39, 0.29) is 17.1 Å². The molecule has 2 heterocycles. The Kier molecular flexibility index (Phi) is 6.19. The molecule has 4 rings (SSSR count). The van der Waals surface area contributed by atoms with Gasteiger partial charge in [-0.2, -0.15) is 18.4 Å². The Balaban J connectivity index is 0.00000141. The number of nitrogens with zero attached hydrogens (tertiary/aromatic N) is 2. The van der Waals surface area contributed by atoms with Gasteiger partial charge in [0.1, 0.15) is 11.6 Å². The molecule has 0 amide bonds. The number of hydrogen-bond acceptors (Lipinski definition) is 4. The highest BCUT2D eigenvalue weighted by Gasteiger charge is 2.60. The lowest BCUT2D eigenvalue weighted by atomic mass is 9.84. The molecule has 2 aromatic heterocycles. The predicted octanol–water partition coefficient (Wildman–Crippen LogP) is 5.28. The molecule has 32 heavy (non-hydrogen) atoms. The number of methoxy groups -OCH3 is 1. The van der Waals surface area contributed by atoms with Crippen molar-refractivity contribution in [1.29, 1.82) is 5.26 Å². The van der Waals surface area contributed by atoms with Crippen LogP contribution in [0.25, 0.3) is 21.9 Å². The van der Waals surface area contributed by atoms with Crippen molar-refractivity contribution in [2.75, 3.05) is 14.2 Å². The molecule has 0 fully saturated rings. The Morgan fingerprint density at radius 1 is 1.16 bits per heavy atom. The van der Waals surface area contributed by atoms with Crippen LogP contribution in [-0.2, 0) is 5.54 Å². The molecule has 4 aromatic rings. The highest BCUT2D eigenvalue weighted by Crippen LogP contribution is 2.49. The number of halogens is 3. The summed E-state index contributed by atoms with van der Waals surface area (Å²) < 4.78 is 49.9. The van der Waals surface area contributed by atoms with E-state index in [1.165, 1.54) is 32.4 Å². The first-order chi connectivity index (χ1) is 15.3. The number of ether oxygens (including phenoxy) is 1. The number of nitrogens with one attached hydrogen (secondary N) is 3. The normalized spacial score (nSPS) is 13.3. The van der Waals surface area contributed by atoms with Crippen LogP contribution in [0, 0.1) is 18.3 Å². The number of aryl methyl sites for hydroxylation is 1. The summed E-state index contributed by atoms with van der Waals surface area (Å²) in [5.74, 6) is -0.253. The van der Waals surface area contributed by atoms with Crippen molar-refractivity contribution in [3.8, 4) is 11.8 Å². The third kappa shape index (κ3) is 3.37. The zero-order chi connectivity index (χ0) is 23.7. The molecular weight excluding hydrogens is 419 g/mol.